The Kier molecular flexibility index (Phi) is 5.89. The molecule has 0 N–H and O–H groups in total. The molecule has 0 unspecified atom stereocenters. The monoisotopic (exact) mass is 398 g/mol. The first-order chi connectivity index (χ1) is 12.4. The summed E-state index contributed by atoms with van der Waals surface area (Å²) in [5, 5.41) is 10.3. The van der Waals surface area contributed by atoms with Gasteiger partial charge in [0.1, 0.15) is 10.8 Å². The Morgan fingerprint density at radius 2 is 1.88 bits per heavy atom. The average molecular weight is 399 g/mol. The third-order valence-electron chi connectivity index (χ3n) is 4.78. The Hall–Kier alpha value is -1.58. The molecule has 0 amide bonds. The summed E-state index contributed by atoms with van der Waals surface area (Å²) < 4.78 is 38.5. The number of sulfonamides is 1. The number of anilines is 1. The summed E-state index contributed by atoms with van der Waals surface area (Å²) in [5.74, 6) is -0.114. The topological polar surface area (TPSA) is 66.4 Å². The molecule has 0 bridgehead atoms. The Balaban J connectivity index is 1.58. The minimum absolute atomic E-state index is 0.0443. The largest absolute Gasteiger partial charge is 0.347 e. The summed E-state index contributed by atoms with van der Waals surface area (Å²) in [7, 11) is -1.48. The van der Waals surface area contributed by atoms with Crippen LogP contribution >= 0.6 is 11.3 Å². The highest BCUT2D eigenvalue weighted by Crippen LogP contribution is 2.27. The van der Waals surface area contributed by atoms with Crippen molar-refractivity contribution in [3.8, 4) is 0 Å². The molecule has 1 fully saturated rings. The Morgan fingerprint density at radius 1 is 1.23 bits per heavy atom. The molecule has 0 saturated carbocycles. The van der Waals surface area contributed by atoms with Gasteiger partial charge in [0, 0.05) is 32.6 Å². The highest BCUT2D eigenvalue weighted by Gasteiger charge is 2.29. The first-order valence-corrected chi connectivity index (χ1v) is 11.1. The third-order valence-corrected chi connectivity index (χ3v) is 7.67. The van der Waals surface area contributed by atoms with Crippen molar-refractivity contribution >= 4 is 26.5 Å². The lowest BCUT2D eigenvalue weighted by atomic mass is 10.1. The standard InChI is InChI=1S/C17H23FN4O2S2/c1-3-26(23,24)21(2)15-8-10-22(11-9-15)17-20-19-16(25-17)12-13-4-6-14(18)7-5-13/h4-7,15H,3,8-12H2,1-2H3. The van der Waals surface area contributed by atoms with Crippen LogP contribution in [0.15, 0.2) is 24.3 Å². The number of aromatic nitrogens is 2. The van der Waals surface area contributed by atoms with Gasteiger partial charge in [0.15, 0.2) is 0 Å². The first kappa shape index (κ1) is 19.2. The Morgan fingerprint density at radius 3 is 2.50 bits per heavy atom. The first-order valence-electron chi connectivity index (χ1n) is 8.66. The molecule has 0 spiro atoms. The fraction of sp³-hybridized carbons (Fsp3) is 0.529. The van der Waals surface area contributed by atoms with Gasteiger partial charge in [-0.25, -0.2) is 17.1 Å². The van der Waals surface area contributed by atoms with Crippen LogP contribution in [-0.4, -0.2) is 54.9 Å². The average Bonchev–Trinajstić information content (AvgIpc) is 3.11. The number of halogens is 1. The van der Waals surface area contributed by atoms with E-state index in [1.54, 1.807) is 26.1 Å². The van der Waals surface area contributed by atoms with Crippen molar-refractivity contribution in [2.24, 2.45) is 0 Å². The van der Waals surface area contributed by atoms with Gasteiger partial charge in [-0.3, -0.25) is 0 Å². The predicted octanol–water partition coefficient (Wildman–Crippen LogP) is 2.52. The van der Waals surface area contributed by atoms with E-state index in [2.05, 4.69) is 15.1 Å². The van der Waals surface area contributed by atoms with E-state index in [9.17, 15) is 12.8 Å². The number of benzene rings is 1. The molecule has 1 aliphatic rings. The molecule has 2 heterocycles. The summed E-state index contributed by atoms with van der Waals surface area (Å²) in [4.78, 5) is 2.16. The van der Waals surface area contributed by atoms with Gasteiger partial charge in [0.05, 0.1) is 5.75 Å². The molecule has 0 aliphatic carbocycles. The lowest BCUT2D eigenvalue weighted by Crippen LogP contribution is -2.46. The molecule has 9 heteroatoms. The zero-order chi connectivity index (χ0) is 18.7. The third kappa shape index (κ3) is 4.39. The summed E-state index contributed by atoms with van der Waals surface area (Å²) >= 11 is 1.54. The maximum absolute atomic E-state index is 13.0. The van der Waals surface area contributed by atoms with Crippen LogP contribution < -0.4 is 4.90 Å². The molecule has 0 atom stereocenters. The molecule has 142 valence electrons. The number of rotatable bonds is 6. The fourth-order valence-electron chi connectivity index (χ4n) is 3.07. The number of nitrogens with zero attached hydrogens (tertiary/aromatic N) is 4. The van der Waals surface area contributed by atoms with E-state index in [1.807, 2.05) is 0 Å². The fourth-order valence-corrected chi connectivity index (χ4v) is 5.07. The van der Waals surface area contributed by atoms with E-state index < -0.39 is 10.0 Å². The van der Waals surface area contributed by atoms with Gasteiger partial charge in [0.2, 0.25) is 15.2 Å². The van der Waals surface area contributed by atoms with Crippen LogP contribution in [0, 0.1) is 5.82 Å². The van der Waals surface area contributed by atoms with E-state index >= 15 is 0 Å². The van der Waals surface area contributed by atoms with Crippen LogP contribution in [0.2, 0.25) is 0 Å². The van der Waals surface area contributed by atoms with Gasteiger partial charge in [-0.1, -0.05) is 23.5 Å². The smallest absolute Gasteiger partial charge is 0.213 e. The highest BCUT2D eigenvalue weighted by atomic mass is 32.2. The quantitative estimate of drug-likeness (QED) is 0.748. The summed E-state index contributed by atoms with van der Waals surface area (Å²) in [6.07, 6.45) is 2.19. The highest BCUT2D eigenvalue weighted by molar-refractivity contribution is 7.89. The zero-order valence-electron chi connectivity index (χ0n) is 14.9. The van der Waals surface area contributed by atoms with Crippen LogP contribution in [0.3, 0.4) is 0 Å². The van der Waals surface area contributed by atoms with Gasteiger partial charge in [0.25, 0.3) is 0 Å². The van der Waals surface area contributed by atoms with Gasteiger partial charge >= 0.3 is 0 Å². The van der Waals surface area contributed by atoms with Crippen LogP contribution in [-0.2, 0) is 16.4 Å². The molecule has 1 aromatic carbocycles. The summed E-state index contributed by atoms with van der Waals surface area (Å²) in [5.41, 5.74) is 0.999. The van der Waals surface area contributed by atoms with Crippen LogP contribution in [0.25, 0.3) is 0 Å². The molecule has 3 rings (SSSR count). The van der Waals surface area contributed by atoms with Crippen molar-refractivity contribution < 1.29 is 12.8 Å². The summed E-state index contributed by atoms with van der Waals surface area (Å²) in [6, 6.07) is 6.45. The Labute approximate surface area is 157 Å². The van der Waals surface area contributed by atoms with E-state index in [1.165, 1.54) is 27.8 Å². The molecule has 0 radical (unpaired) electrons. The van der Waals surface area contributed by atoms with Crippen LogP contribution in [0.5, 0.6) is 0 Å². The van der Waals surface area contributed by atoms with Gasteiger partial charge < -0.3 is 4.90 Å². The lowest BCUT2D eigenvalue weighted by Gasteiger charge is -2.35. The second-order valence-corrected chi connectivity index (χ2v) is 9.77. The minimum Gasteiger partial charge on any atom is -0.347 e. The van der Waals surface area contributed by atoms with Crippen molar-refractivity contribution in [3.63, 3.8) is 0 Å². The molecule has 1 saturated heterocycles. The van der Waals surface area contributed by atoms with Gasteiger partial charge in [-0.05, 0) is 37.5 Å². The predicted molar refractivity (Wildman–Crippen MR) is 102 cm³/mol. The molecular formula is C17H23FN4O2S2. The normalized spacial score (nSPS) is 16.4. The van der Waals surface area contributed by atoms with E-state index in [-0.39, 0.29) is 17.6 Å². The van der Waals surface area contributed by atoms with Crippen LogP contribution in [0.4, 0.5) is 9.52 Å². The molecule has 6 nitrogen and oxygen atoms in total. The van der Waals surface area contributed by atoms with E-state index in [4.69, 9.17) is 0 Å². The molecular weight excluding hydrogens is 375 g/mol. The van der Waals surface area contributed by atoms with Crippen molar-refractivity contribution in [2.45, 2.75) is 32.2 Å². The van der Waals surface area contributed by atoms with Gasteiger partial charge in [-0.2, -0.15) is 0 Å². The van der Waals surface area contributed by atoms with Crippen LogP contribution in [0.1, 0.15) is 30.3 Å². The maximum Gasteiger partial charge on any atom is 0.213 e. The molecule has 1 aliphatic heterocycles. The maximum atomic E-state index is 13.0. The lowest BCUT2D eigenvalue weighted by molar-refractivity contribution is 0.312. The van der Waals surface area contributed by atoms with Crippen molar-refractivity contribution in [2.75, 3.05) is 30.8 Å². The zero-order valence-corrected chi connectivity index (χ0v) is 16.6. The van der Waals surface area contributed by atoms with Crippen molar-refractivity contribution in [1.29, 1.82) is 0 Å². The van der Waals surface area contributed by atoms with Crippen molar-refractivity contribution in [1.82, 2.24) is 14.5 Å². The van der Waals surface area contributed by atoms with E-state index in [0.717, 1.165) is 41.6 Å². The Bertz CT molecular complexity index is 831. The molecule has 1 aromatic heterocycles. The second kappa shape index (κ2) is 7.98. The number of piperidine rings is 1. The van der Waals surface area contributed by atoms with Gasteiger partial charge in [-0.15, -0.1) is 10.2 Å². The summed E-state index contributed by atoms with van der Waals surface area (Å²) in [6.45, 7) is 3.20. The number of hydrogen-bond acceptors (Lipinski definition) is 6. The second-order valence-electron chi connectivity index (χ2n) is 6.42. The number of hydrogen-bond donors (Lipinski definition) is 0. The SMILES string of the molecule is CCS(=O)(=O)N(C)C1CCN(c2nnc(Cc3ccc(F)cc3)s2)CC1. The minimum atomic E-state index is -3.15. The molecule has 2 aromatic rings. The van der Waals surface area contributed by atoms with E-state index in [0.29, 0.717) is 6.42 Å². The molecule has 26 heavy (non-hydrogen) atoms. The van der Waals surface area contributed by atoms with Crippen molar-refractivity contribution in [3.05, 3.63) is 40.7 Å².